The summed E-state index contributed by atoms with van der Waals surface area (Å²) in [5.41, 5.74) is 1.69. The van der Waals surface area contributed by atoms with Crippen LogP contribution in [0.25, 0.3) is 6.08 Å². The maximum atomic E-state index is 12.6. The Morgan fingerprint density at radius 3 is 2.50 bits per heavy atom. The quantitative estimate of drug-likeness (QED) is 0.422. The Morgan fingerprint density at radius 2 is 1.93 bits per heavy atom. The molecule has 1 aromatic carbocycles. The number of carbonyl (C=O) groups is 2. The molecule has 1 amide bonds. The molecule has 0 unspecified atom stereocenters. The van der Waals surface area contributed by atoms with Crippen LogP contribution in [0.3, 0.4) is 0 Å². The number of esters is 1. The summed E-state index contributed by atoms with van der Waals surface area (Å²) in [4.78, 5) is 25.5. The lowest BCUT2D eigenvalue weighted by Crippen LogP contribution is -2.15. The third kappa shape index (κ3) is 4.99. The van der Waals surface area contributed by atoms with Gasteiger partial charge in [-0.05, 0) is 49.6 Å². The second-order valence-corrected chi connectivity index (χ2v) is 7.25. The zero-order valence-corrected chi connectivity index (χ0v) is 17.1. The summed E-state index contributed by atoms with van der Waals surface area (Å²) >= 11 is 1.27. The van der Waals surface area contributed by atoms with Gasteiger partial charge < -0.3 is 14.8 Å². The normalized spacial score (nSPS) is 10.9. The zero-order valence-electron chi connectivity index (χ0n) is 16.3. The first-order valence-electron chi connectivity index (χ1n) is 8.75. The molecule has 0 aliphatic carbocycles. The van der Waals surface area contributed by atoms with Gasteiger partial charge >= 0.3 is 5.97 Å². The molecule has 0 aliphatic heterocycles. The smallest absolute Gasteiger partial charge is 0.341 e. The van der Waals surface area contributed by atoms with E-state index in [2.05, 4.69) is 5.32 Å². The number of nitrogens with zero attached hydrogens (tertiary/aromatic N) is 1. The predicted molar refractivity (Wildman–Crippen MR) is 110 cm³/mol. The van der Waals surface area contributed by atoms with E-state index in [9.17, 15) is 14.9 Å². The van der Waals surface area contributed by atoms with Crippen LogP contribution in [0.5, 0.6) is 5.75 Å². The average molecular weight is 398 g/mol. The Hall–Kier alpha value is -3.11. The molecule has 0 saturated heterocycles. The highest BCUT2D eigenvalue weighted by Crippen LogP contribution is 2.33. The third-order valence-corrected chi connectivity index (χ3v) is 5.15. The molecule has 2 rings (SSSR count). The molecular weight excluding hydrogens is 376 g/mol. The van der Waals surface area contributed by atoms with Crippen molar-refractivity contribution >= 4 is 34.3 Å². The Bertz CT molecular complexity index is 937. The summed E-state index contributed by atoms with van der Waals surface area (Å²) in [6.45, 7) is 6.29. The fourth-order valence-electron chi connectivity index (χ4n) is 2.43. The topological polar surface area (TPSA) is 88.4 Å². The summed E-state index contributed by atoms with van der Waals surface area (Å²) in [5.74, 6) is -0.378. The molecule has 0 atom stereocenters. The van der Waals surface area contributed by atoms with Gasteiger partial charge in [0.15, 0.2) is 0 Å². The molecule has 0 radical (unpaired) electrons. The third-order valence-electron chi connectivity index (χ3n) is 4.03. The summed E-state index contributed by atoms with van der Waals surface area (Å²) in [6, 6.07) is 9.03. The van der Waals surface area contributed by atoms with Crippen LogP contribution in [0.4, 0.5) is 5.00 Å². The van der Waals surface area contributed by atoms with Gasteiger partial charge in [-0.1, -0.05) is 19.1 Å². The van der Waals surface area contributed by atoms with Gasteiger partial charge in [0.2, 0.25) is 0 Å². The lowest BCUT2D eigenvalue weighted by atomic mass is 10.1. The van der Waals surface area contributed by atoms with Crippen molar-refractivity contribution in [2.24, 2.45) is 0 Å². The number of hydrogen-bond acceptors (Lipinski definition) is 6. The molecule has 28 heavy (non-hydrogen) atoms. The number of thiophene rings is 1. The van der Waals surface area contributed by atoms with E-state index in [1.54, 1.807) is 31.2 Å². The van der Waals surface area contributed by atoms with E-state index in [0.717, 1.165) is 22.6 Å². The number of nitrogens with one attached hydrogen (secondary N) is 1. The lowest BCUT2D eigenvalue weighted by Gasteiger charge is -2.06. The standard InChI is InChI=1S/C21H22N2O4S/c1-5-10-27-17-8-6-15(7-9-17)11-16(12-22)19(24)23-20-18(21(25)26-4)13(2)14(3)28-20/h6-9,11H,5,10H2,1-4H3,(H,23,24). The lowest BCUT2D eigenvalue weighted by molar-refractivity contribution is -0.112. The van der Waals surface area contributed by atoms with Gasteiger partial charge in [-0.25, -0.2) is 4.79 Å². The van der Waals surface area contributed by atoms with Gasteiger partial charge in [-0.15, -0.1) is 11.3 Å². The van der Waals surface area contributed by atoms with Crippen LogP contribution in [-0.4, -0.2) is 25.6 Å². The second-order valence-electron chi connectivity index (χ2n) is 6.02. The molecule has 0 spiro atoms. The number of methoxy groups -OCH3 is 1. The van der Waals surface area contributed by atoms with Gasteiger partial charge in [0.1, 0.15) is 22.4 Å². The first kappa shape index (κ1) is 21.2. The van der Waals surface area contributed by atoms with Gasteiger partial charge in [-0.3, -0.25) is 4.79 Å². The molecule has 1 heterocycles. The number of benzene rings is 1. The molecule has 0 fully saturated rings. The van der Waals surface area contributed by atoms with Crippen molar-refractivity contribution in [1.29, 1.82) is 5.26 Å². The van der Waals surface area contributed by atoms with Gasteiger partial charge in [0.05, 0.1) is 19.3 Å². The zero-order chi connectivity index (χ0) is 20.7. The average Bonchev–Trinajstić information content (AvgIpc) is 2.97. The number of ether oxygens (including phenoxy) is 2. The summed E-state index contributed by atoms with van der Waals surface area (Å²) in [7, 11) is 1.29. The fourth-order valence-corrected chi connectivity index (χ4v) is 3.47. The van der Waals surface area contributed by atoms with Crippen LogP contribution < -0.4 is 10.1 Å². The molecule has 7 heteroatoms. The molecule has 6 nitrogen and oxygen atoms in total. The number of hydrogen-bond donors (Lipinski definition) is 1. The van der Waals surface area contributed by atoms with E-state index in [1.165, 1.54) is 24.5 Å². The molecular formula is C21H22N2O4S. The van der Waals surface area contributed by atoms with E-state index in [0.29, 0.717) is 22.7 Å². The molecule has 0 bridgehead atoms. The van der Waals surface area contributed by atoms with Crippen molar-refractivity contribution in [1.82, 2.24) is 0 Å². The number of aryl methyl sites for hydroxylation is 1. The molecule has 1 aromatic heterocycles. The molecule has 0 aliphatic rings. The Labute approximate surface area is 168 Å². The van der Waals surface area contributed by atoms with E-state index < -0.39 is 11.9 Å². The molecule has 0 saturated carbocycles. The van der Waals surface area contributed by atoms with E-state index in [1.807, 2.05) is 19.9 Å². The maximum Gasteiger partial charge on any atom is 0.341 e. The minimum absolute atomic E-state index is 0.0678. The van der Waals surface area contributed by atoms with Crippen LogP contribution in [-0.2, 0) is 9.53 Å². The first-order valence-corrected chi connectivity index (χ1v) is 9.57. The Morgan fingerprint density at radius 1 is 1.25 bits per heavy atom. The van der Waals surface area contributed by atoms with Crippen molar-refractivity contribution in [3.63, 3.8) is 0 Å². The van der Waals surface area contributed by atoms with Crippen molar-refractivity contribution in [2.45, 2.75) is 27.2 Å². The first-order chi connectivity index (χ1) is 13.4. The largest absolute Gasteiger partial charge is 0.494 e. The minimum atomic E-state index is -0.583. The van der Waals surface area contributed by atoms with Gasteiger partial charge in [0, 0.05) is 4.88 Å². The van der Waals surface area contributed by atoms with E-state index in [-0.39, 0.29) is 5.57 Å². The van der Waals surface area contributed by atoms with Gasteiger partial charge in [-0.2, -0.15) is 5.26 Å². The fraction of sp³-hybridized carbons (Fsp3) is 0.286. The van der Waals surface area contributed by atoms with Crippen LogP contribution in [0.15, 0.2) is 29.8 Å². The Kier molecular flexibility index (Phi) is 7.36. The highest BCUT2D eigenvalue weighted by atomic mass is 32.1. The number of amides is 1. The number of nitriles is 1. The van der Waals surface area contributed by atoms with Crippen molar-refractivity contribution in [3.8, 4) is 11.8 Å². The highest BCUT2D eigenvalue weighted by Gasteiger charge is 2.22. The number of carbonyl (C=O) groups excluding carboxylic acids is 2. The SMILES string of the molecule is CCCOc1ccc(C=C(C#N)C(=O)Nc2sc(C)c(C)c2C(=O)OC)cc1. The monoisotopic (exact) mass is 398 g/mol. The second kappa shape index (κ2) is 9.72. The van der Waals surface area contributed by atoms with Crippen molar-refractivity contribution in [3.05, 3.63) is 51.4 Å². The molecule has 2 aromatic rings. The van der Waals surface area contributed by atoms with Crippen LogP contribution in [0, 0.1) is 25.2 Å². The van der Waals surface area contributed by atoms with E-state index in [4.69, 9.17) is 9.47 Å². The van der Waals surface area contributed by atoms with Crippen LogP contribution >= 0.6 is 11.3 Å². The van der Waals surface area contributed by atoms with Gasteiger partial charge in [0.25, 0.3) is 5.91 Å². The highest BCUT2D eigenvalue weighted by molar-refractivity contribution is 7.16. The van der Waals surface area contributed by atoms with Crippen LogP contribution in [0.2, 0.25) is 0 Å². The Balaban J connectivity index is 2.23. The van der Waals surface area contributed by atoms with Crippen molar-refractivity contribution < 1.29 is 19.1 Å². The van der Waals surface area contributed by atoms with Crippen molar-refractivity contribution in [2.75, 3.05) is 19.0 Å². The summed E-state index contributed by atoms with van der Waals surface area (Å²) in [5, 5.41) is 12.4. The maximum absolute atomic E-state index is 12.6. The molecule has 1 N–H and O–H groups in total. The number of anilines is 1. The number of rotatable bonds is 7. The predicted octanol–water partition coefficient (Wildman–Crippen LogP) is 4.49. The van der Waals surface area contributed by atoms with E-state index >= 15 is 0 Å². The summed E-state index contributed by atoms with van der Waals surface area (Å²) < 4.78 is 10.3. The van der Waals surface area contributed by atoms with Crippen LogP contribution in [0.1, 0.15) is 39.7 Å². The summed E-state index contributed by atoms with van der Waals surface area (Å²) in [6.07, 6.45) is 2.40. The minimum Gasteiger partial charge on any atom is -0.494 e. The molecule has 146 valence electrons.